The topological polar surface area (TPSA) is 108 Å². The number of nitrogens with two attached hydrogens (primary N) is 1. The van der Waals surface area contributed by atoms with Crippen molar-refractivity contribution in [1.82, 2.24) is 5.32 Å². The van der Waals surface area contributed by atoms with E-state index in [1.54, 1.807) is 13.8 Å². The van der Waals surface area contributed by atoms with Crippen LogP contribution in [0.5, 0.6) is 0 Å². The molecule has 0 aromatic rings. The first-order chi connectivity index (χ1) is 7.93. The van der Waals surface area contributed by atoms with E-state index in [0.29, 0.717) is 0 Å². The van der Waals surface area contributed by atoms with Gasteiger partial charge in [-0.2, -0.15) is 0 Å². The van der Waals surface area contributed by atoms with Gasteiger partial charge in [0, 0.05) is 0 Å². The van der Waals surface area contributed by atoms with Gasteiger partial charge in [-0.25, -0.2) is 9.59 Å². The highest BCUT2D eigenvalue weighted by Crippen LogP contribution is 1.95. The van der Waals surface area contributed by atoms with Crippen molar-refractivity contribution in [3.05, 3.63) is 0 Å². The lowest BCUT2D eigenvalue weighted by atomic mass is 10.2. The van der Waals surface area contributed by atoms with Gasteiger partial charge in [-0.15, -0.1) is 0 Å². The van der Waals surface area contributed by atoms with Crippen molar-refractivity contribution in [2.45, 2.75) is 32.9 Å². The lowest BCUT2D eigenvalue weighted by Gasteiger charge is -2.16. The number of hydrogen-bond acceptors (Lipinski definition) is 6. The molecule has 0 radical (unpaired) electrons. The SMILES string of the molecule is CCOC(=O)C(NC(=O)[C@H](C)N)C(=O)OCC. The van der Waals surface area contributed by atoms with Crippen LogP contribution in [-0.4, -0.2) is 43.1 Å². The first-order valence-corrected chi connectivity index (χ1v) is 5.33. The molecular formula is C10H18N2O5. The van der Waals surface area contributed by atoms with Crippen LogP contribution in [0.25, 0.3) is 0 Å². The Morgan fingerprint density at radius 1 is 1.12 bits per heavy atom. The van der Waals surface area contributed by atoms with Gasteiger partial charge < -0.3 is 20.5 Å². The zero-order valence-corrected chi connectivity index (χ0v) is 10.2. The van der Waals surface area contributed by atoms with E-state index >= 15 is 0 Å². The Labute approximate surface area is 99.6 Å². The van der Waals surface area contributed by atoms with E-state index in [1.165, 1.54) is 6.92 Å². The number of amides is 1. The average Bonchev–Trinajstić information content (AvgIpc) is 2.25. The van der Waals surface area contributed by atoms with Gasteiger partial charge in [0.15, 0.2) is 0 Å². The Kier molecular flexibility index (Phi) is 6.88. The summed E-state index contributed by atoms with van der Waals surface area (Å²) in [4.78, 5) is 34.2. The molecule has 0 saturated carbocycles. The van der Waals surface area contributed by atoms with Gasteiger partial charge in [-0.3, -0.25) is 4.79 Å². The molecule has 0 heterocycles. The van der Waals surface area contributed by atoms with Crippen molar-refractivity contribution in [1.29, 1.82) is 0 Å². The number of rotatable bonds is 6. The van der Waals surface area contributed by atoms with Gasteiger partial charge >= 0.3 is 11.9 Å². The largest absolute Gasteiger partial charge is 0.464 e. The van der Waals surface area contributed by atoms with E-state index in [-0.39, 0.29) is 13.2 Å². The summed E-state index contributed by atoms with van der Waals surface area (Å²) in [5.74, 6) is -2.35. The molecule has 0 aliphatic heterocycles. The first-order valence-electron chi connectivity index (χ1n) is 5.33. The van der Waals surface area contributed by atoms with Crippen LogP contribution in [0.4, 0.5) is 0 Å². The lowest BCUT2D eigenvalue weighted by Crippen LogP contribution is -2.52. The highest BCUT2D eigenvalue weighted by atomic mass is 16.6. The van der Waals surface area contributed by atoms with Crippen molar-refractivity contribution >= 4 is 17.8 Å². The zero-order chi connectivity index (χ0) is 13.4. The summed E-state index contributed by atoms with van der Waals surface area (Å²) < 4.78 is 9.31. The molecule has 1 amide bonds. The number of hydrogen-bond donors (Lipinski definition) is 2. The Hall–Kier alpha value is -1.63. The molecule has 0 aliphatic rings. The van der Waals surface area contributed by atoms with Crippen LogP contribution in [0.3, 0.4) is 0 Å². The van der Waals surface area contributed by atoms with Crippen LogP contribution in [0.1, 0.15) is 20.8 Å². The fourth-order valence-electron chi connectivity index (χ4n) is 0.939. The first kappa shape index (κ1) is 15.4. The molecule has 7 nitrogen and oxygen atoms in total. The molecule has 0 unspecified atom stereocenters. The predicted molar refractivity (Wildman–Crippen MR) is 58.8 cm³/mol. The Bertz CT molecular complexity index is 272. The van der Waals surface area contributed by atoms with E-state index < -0.39 is 29.9 Å². The third kappa shape index (κ3) is 5.30. The van der Waals surface area contributed by atoms with Gasteiger partial charge in [0.1, 0.15) is 0 Å². The summed E-state index contributed by atoms with van der Waals surface area (Å²) in [5.41, 5.74) is 5.32. The van der Waals surface area contributed by atoms with E-state index in [2.05, 4.69) is 14.8 Å². The molecule has 98 valence electrons. The quantitative estimate of drug-likeness (QED) is 0.457. The number of ether oxygens (including phenoxy) is 2. The molecule has 0 aromatic heterocycles. The molecule has 0 aliphatic carbocycles. The van der Waals surface area contributed by atoms with Gasteiger partial charge in [0.05, 0.1) is 19.3 Å². The Morgan fingerprint density at radius 2 is 1.53 bits per heavy atom. The van der Waals surface area contributed by atoms with Crippen LogP contribution in [0, 0.1) is 0 Å². The van der Waals surface area contributed by atoms with Gasteiger partial charge in [-0.05, 0) is 20.8 Å². The van der Waals surface area contributed by atoms with E-state index in [1.807, 2.05) is 0 Å². The van der Waals surface area contributed by atoms with E-state index in [9.17, 15) is 14.4 Å². The molecule has 7 heteroatoms. The standard InChI is InChI=1S/C10H18N2O5/c1-4-16-9(14)7(10(15)17-5-2)12-8(13)6(3)11/h6-7H,4-5,11H2,1-3H3,(H,12,13)/t6-/m0/s1. The molecular weight excluding hydrogens is 228 g/mol. The van der Waals surface area contributed by atoms with E-state index in [4.69, 9.17) is 5.73 Å². The highest BCUT2D eigenvalue weighted by Gasteiger charge is 2.31. The summed E-state index contributed by atoms with van der Waals surface area (Å²) >= 11 is 0. The molecule has 3 N–H and O–H groups in total. The summed E-state index contributed by atoms with van der Waals surface area (Å²) in [6.45, 7) is 4.81. The maximum absolute atomic E-state index is 11.4. The summed E-state index contributed by atoms with van der Waals surface area (Å²) in [7, 11) is 0. The predicted octanol–water partition coefficient (Wildman–Crippen LogP) is -1.06. The minimum absolute atomic E-state index is 0.1000. The molecule has 0 fully saturated rings. The van der Waals surface area contributed by atoms with Crippen LogP contribution >= 0.6 is 0 Å². The van der Waals surface area contributed by atoms with Crippen LogP contribution in [0.2, 0.25) is 0 Å². The fourth-order valence-corrected chi connectivity index (χ4v) is 0.939. The van der Waals surface area contributed by atoms with Crippen molar-refractivity contribution in [2.75, 3.05) is 13.2 Å². The van der Waals surface area contributed by atoms with E-state index in [0.717, 1.165) is 0 Å². The lowest BCUT2D eigenvalue weighted by molar-refractivity contribution is -0.159. The molecule has 0 saturated heterocycles. The van der Waals surface area contributed by atoms with Crippen LogP contribution < -0.4 is 11.1 Å². The molecule has 0 rings (SSSR count). The second-order valence-corrected chi connectivity index (χ2v) is 3.23. The van der Waals surface area contributed by atoms with Crippen molar-refractivity contribution < 1.29 is 23.9 Å². The molecule has 0 aromatic carbocycles. The molecule has 17 heavy (non-hydrogen) atoms. The monoisotopic (exact) mass is 246 g/mol. The maximum Gasteiger partial charge on any atom is 0.340 e. The third-order valence-corrected chi connectivity index (χ3v) is 1.74. The van der Waals surface area contributed by atoms with Crippen LogP contribution in [0.15, 0.2) is 0 Å². The summed E-state index contributed by atoms with van der Waals surface area (Å²) in [6.07, 6.45) is 0. The van der Waals surface area contributed by atoms with Gasteiger partial charge in [-0.1, -0.05) is 0 Å². The molecule has 1 atom stereocenters. The number of carbonyl (C=O) groups is 3. The van der Waals surface area contributed by atoms with Crippen molar-refractivity contribution in [2.24, 2.45) is 5.73 Å². The summed E-state index contributed by atoms with van der Waals surface area (Å²) in [6, 6.07) is -2.30. The van der Waals surface area contributed by atoms with Crippen molar-refractivity contribution in [3.63, 3.8) is 0 Å². The third-order valence-electron chi connectivity index (χ3n) is 1.74. The number of carbonyl (C=O) groups excluding carboxylic acids is 3. The minimum atomic E-state index is -1.46. The van der Waals surface area contributed by atoms with Crippen LogP contribution in [-0.2, 0) is 23.9 Å². The van der Waals surface area contributed by atoms with Gasteiger partial charge in [0.25, 0.3) is 0 Å². The second-order valence-electron chi connectivity index (χ2n) is 3.23. The fraction of sp³-hybridized carbons (Fsp3) is 0.700. The normalized spacial score (nSPS) is 11.8. The zero-order valence-electron chi connectivity index (χ0n) is 10.2. The smallest absolute Gasteiger partial charge is 0.340 e. The molecule has 0 spiro atoms. The molecule has 0 bridgehead atoms. The minimum Gasteiger partial charge on any atom is -0.464 e. The van der Waals surface area contributed by atoms with Gasteiger partial charge in [0.2, 0.25) is 11.9 Å². The number of esters is 2. The average molecular weight is 246 g/mol. The maximum atomic E-state index is 11.4. The summed E-state index contributed by atoms with van der Waals surface area (Å²) in [5, 5.41) is 2.17. The second kappa shape index (κ2) is 7.61. The highest BCUT2D eigenvalue weighted by molar-refractivity contribution is 6.02. The Balaban J connectivity index is 4.67. The Morgan fingerprint density at radius 3 is 1.82 bits per heavy atom. The van der Waals surface area contributed by atoms with Crippen molar-refractivity contribution in [3.8, 4) is 0 Å². The number of nitrogens with one attached hydrogen (secondary N) is 1.